The van der Waals surface area contributed by atoms with Gasteiger partial charge in [-0.2, -0.15) is 0 Å². The summed E-state index contributed by atoms with van der Waals surface area (Å²) in [6.45, 7) is 0.702. The number of ether oxygens (including phenoxy) is 1. The van der Waals surface area contributed by atoms with Crippen LogP contribution in [-0.2, 0) is 4.74 Å². The molecule has 2 amide bonds. The van der Waals surface area contributed by atoms with Crippen LogP contribution in [0.3, 0.4) is 0 Å². The monoisotopic (exact) mass is 264 g/mol. The van der Waals surface area contributed by atoms with Gasteiger partial charge in [0.2, 0.25) is 0 Å². The first-order valence-electron chi connectivity index (χ1n) is 5.76. The van der Waals surface area contributed by atoms with E-state index < -0.39 is 43.0 Å². The molecule has 0 aromatic heterocycles. The lowest BCUT2D eigenvalue weighted by Gasteiger charge is -2.38. The number of aliphatic hydroxyl groups excluding tert-OH is 3. The predicted molar refractivity (Wildman–Crippen MR) is 57.1 cm³/mol. The van der Waals surface area contributed by atoms with E-state index >= 15 is 0 Å². The molecule has 8 heteroatoms. The fraction of sp³-hybridized carbons (Fsp3) is 0.900. The molecule has 7 nitrogen and oxygen atoms in total. The van der Waals surface area contributed by atoms with Crippen LogP contribution < -0.4 is 5.32 Å². The van der Waals surface area contributed by atoms with E-state index in [1.54, 1.807) is 0 Å². The van der Waals surface area contributed by atoms with Gasteiger partial charge < -0.3 is 25.4 Å². The third-order valence-electron chi connectivity index (χ3n) is 3.37. The summed E-state index contributed by atoms with van der Waals surface area (Å²) in [6.07, 6.45) is -4.57. The average Bonchev–Trinajstić information content (AvgIpc) is 2.52. The predicted octanol–water partition coefficient (Wildman–Crippen LogP) is -1.47. The van der Waals surface area contributed by atoms with Gasteiger partial charge >= 0.3 is 6.03 Å². The second-order valence-electron chi connectivity index (χ2n) is 4.75. The number of amides is 2. The lowest BCUT2D eigenvalue weighted by Crippen LogP contribution is -2.60. The summed E-state index contributed by atoms with van der Waals surface area (Å²) in [5.41, 5.74) is -2.17. The maximum Gasteiger partial charge on any atom is 0.321 e. The molecule has 104 valence electrons. The van der Waals surface area contributed by atoms with Crippen LogP contribution in [0.4, 0.5) is 9.18 Å². The van der Waals surface area contributed by atoms with E-state index in [0.717, 1.165) is 11.8 Å². The van der Waals surface area contributed by atoms with Crippen molar-refractivity contribution in [3.05, 3.63) is 0 Å². The summed E-state index contributed by atoms with van der Waals surface area (Å²) in [6, 6.07) is -0.659. The van der Waals surface area contributed by atoms with Crippen molar-refractivity contribution >= 4 is 6.03 Å². The summed E-state index contributed by atoms with van der Waals surface area (Å²) in [5.74, 6) is 0. The summed E-state index contributed by atoms with van der Waals surface area (Å²) in [7, 11) is 0. The quantitative estimate of drug-likeness (QED) is 0.487. The van der Waals surface area contributed by atoms with Gasteiger partial charge in [-0.1, -0.05) is 0 Å². The number of aliphatic hydroxyl groups is 3. The maximum atomic E-state index is 14.4. The van der Waals surface area contributed by atoms with E-state index in [1.807, 2.05) is 0 Å². The summed E-state index contributed by atoms with van der Waals surface area (Å²) < 4.78 is 19.6. The van der Waals surface area contributed by atoms with E-state index in [-0.39, 0.29) is 13.0 Å². The molecule has 18 heavy (non-hydrogen) atoms. The van der Waals surface area contributed by atoms with Gasteiger partial charge in [0.1, 0.15) is 18.4 Å². The number of carbonyl (C=O) groups is 1. The molecular formula is C10H17FN2O5. The van der Waals surface area contributed by atoms with Crippen molar-refractivity contribution in [1.82, 2.24) is 10.2 Å². The van der Waals surface area contributed by atoms with Gasteiger partial charge in [-0.3, -0.25) is 4.90 Å². The maximum absolute atomic E-state index is 14.4. The molecule has 0 spiro atoms. The third kappa shape index (κ3) is 2.05. The number of hydrogen-bond acceptors (Lipinski definition) is 5. The van der Waals surface area contributed by atoms with E-state index in [1.165, 1.54) is 0 Å². The summed E-state index contributed by atoms with van der Waals surface area (Å²) in [5, 5.41) is 30.2. The molecule has 0 aromatic carbocycles. The highest BCUT2D eigenvalue weighted by molar-refractivity contribution is 5.75. The molecular weight excluding hydrogens is 247 g/mol. The van der Waals surface area contributed by atoms with Crippen molar-refractivity contribution in [2.75, 3.05) is 13.2 Å². The minimum absolute atomic E-state index is 0.113. The highest BCUT2D eigenvalue weighted by Gasteiger charge is 2.57. The Morgan fingerprint density at radius 3 is 2.78 bits per heavy atom. The lowest BCUT2D eigenvalue weighted by atomic mass is 9.97. The second kappa shape index (κ2) is 4.61. The van der Waals surface area contributed by atoms with Crippen LogP contribution in [0.15, 0.2) is 0 Å². The Kier molecular flexibility index (Phi) is 3.45. The van der Waals surface area contributed by atoms with Gasteiger partial charge in [0.25, 0.3) is 0 Å². The smallest absolute Gasteiger partial charge is 0.321 e. The fourth-order valence-electron chi connectivity index (χ4n) is 2.29. The van der Waals surface area contributed by atoms with Gasteiger partial charge in [0, 0.05) is 13.0 Å². The Labute approximate surface area is 103 Å². The van der Waals surface area contributed by atoms with Crippen LogP contribution in [0, 0.1) is 0 Å². The molecule has 2 aliphatic heterocycles. The normalized spacial score (nSPS) is 45.2. The van der Waals surface area contributed by atoms with Crippen LogP contribution in [0.1, 0.15) is 13.3 Å². The van der Waals surface area contributed by atoms with Gasteiger partial charge in [0.15, 0.2) is 11.9 Å². The van der Waals surface area contributed by atoms with Crippen molar-refractivity contribution in [2.24, 2.45) is 0 Å². The largest absolute Gasteiger partial charge is 0.394 e. The van der Waals surface area contributed by atoms with Crippen molar-refractivity contribution in [3.63, 3.8) is 0 Å². The zero-order valence-corrected chi connectivity index (χ0v) is 9.91. The summed E-state index contributed by atoms with van der Waals surface area (Å²) >= 11 is 0. The third-order valence-corrected chi connectivity index (χ3v) is 3.37. The zero-order chi connectivity index (χ0) is 13.5. The van der Waals surface area contributed by atoms with Crippen LogP contribution in [0.2, 0.25) is 0 Å². The van der Waals surface area contributed by atoms with E-state index in [0.29, 0.717) is 0 Å². The highest BCUT2D eigenvalue weighted by atomic mass is 19.1. The molecule has 0 aliphatic carbocycles. The van der Waals surface area contributed by atoms with Gasteiger partial charge in [-0.25, -0.2) is 9.18 Å². The minimum atomic E-state index is -2.17. The number of alkyl halides is 1. The minimum Gasteiger partial charge on any atom is -0.394 e. The Morgan fingerprint density at radius 1 is 1.61 bits per heavy atom. The van der Waals surface area contributed by atoms with E-state index in [9.17, 15) is 19.4 Å². The lowest BCUT2D eigenvalue weighted by molar-refractivity contribution is -0.0972. The molecule has 2 heterocycles. The van der Waals surface area contributed by atoms with Crippen molar-refractivity contribution in [3.8, 4) is 0 Å². The van der Waals surface area contributed by atoms with Crippen LogP contribution in [0.25, 0.3) is 0 Å². The number of hydrogen-bond donors (Lipinski definition) is 4. The first-order chi connectivity index (χ1) is 8.37. The number of halogens is 1. The Morgan fingerprint density at radius 2 is 2.28 bits per heavy atom. The topological polar surface area (TPSA) is 102 Å². The van der Waals surface area contributed by atoms with Crippen LogP contribution >= 0.6 is 0 Å². The van der Waals surface area contributed by atoms with Crippen molar-refractivity contribution in [1.29, 1.82) is 0 Å². The zero-order valence-electron chi connectivity index (χ0n) is 9.91. The van der Waals surface area contributed by atoms with Crippen LogP contribution in [-0.4, -0.2) is 69.7 Å². The number of rotatable bonds is 2. The van der Waals surface area contributed by atoms with Gasteiger partial charge in [0.05, 0.1) is 6.61 Å². The molecule has 0 radical (unpaired) electrons. The molecule has 2 aliphatic rings. The highest BCUT2D eigenvalue weighted by Crippen LogP contribution is 2.36. The fourth-order valence-corrected chi connectivity index (χ4v) is 2.29. The van der Waals surface area contributed by atoms with Crippen molar-refractivity contribution < 1.29 is 29.2 Å². The molecule has 2 fully saturated rings. The summed E-state index contributed by atoms with van der Waals surface area (Å²) in [4.78, 5) is 12.7. The molecule has 0 unspecified atom stereocenters. The van der Waals surface area contributed by atoms with Crippen molar-refractivity contribution in [2.45, 2.75) is 43.7 Å². The Balaban J connectivity index is 2.15. The second-order valence-corrected chi connectivity index (χ2v) is 4.75. The average molecular weight is 264 g/mol. The molecule has 2 saturated heterocycles. The SMILES string of the molecule is C[C@@]1(F)[C@H](O)[C@@H](CO)O[C@H]1N1CC[C@@H](O)NC1=O. The molecule has 0 bridgehead atoms. The molecule has 0 saturated carbocycles. The molecule has 2 rings (SSSR count). The molecule has 5 atom stereocenters. The number of nitrogens with one attached hydrogen (secondary N) is 1. The Hall–Kier alpha value is -0.960. The van der Waals surface area contributed by atoms with Gasteiger partial charge in [-0.05, 0) is 6.92 Å². The van der Waals surface area contributed by atoms with Crippen LogP contribution in [0.5, 0.6) is 0 Å². The number of nitrogens with zero attached hydrogens (tertiary/aromatic N) is 1. The first kappa shape index (κ1) is 13.5. The number of urea groups is 1. The van der Waals surface area contributed by atoms with Gasteiger partial charge in [-0.15, -0.1) is 0 Å². The molecule has 4 N–H and O–H groups in total. The van der Waals surface area contributed by atoms with E-state index in [4.69, 9.17) is 9.84 Å². The molecule has 0 aromatic rings. The van der Waals surface area contributed by atoms with E-state index in [2.05, 4.69) is 5.32 Å². The Bertz CT molecular complexity index is 340. The number of carbonyl (C=O) groups excluding carboxylic acids is 1. The first-order valence-corrected chi connectivity index (χ1v) is 5.76. The standard InChI is InChI=1S/C10H17FN2O5/c1-10(11)7(16)5(4-14)18-8(10)13-3-2-6(15)12-9(13)17/h5-8,14-16H,2-4H2,1H3,(H,12,17)/t5-,6-,7-,8-,10-/m1/s1.